The van der Waals surface area contributed by atoms with Gasteiger partial charge in [-0.05, 0) is 65.5 Å². The number of hydrogen-bond donors (Lipinski definition) is 2. The van der Waals surface area contributed by atoms with Crippen LogP contribution in [0, 0.1) is 19.8 Å². The average Bonchev–Trinajstić information content (AvgIpc) is 3.09. The highest BCUT2D eigenvalue weighted by Gasteiger charge is 2.28. The number of hydrogen-bond acceptors (Lipinski definition) is 8. The number of carboxylic acid groups (broad SMARTS) is 1. The lowest BCUT2D eigenvalue weighted by molar-refractivity contribution is -0.146. The smallest absolute Gasteiger partial charge is 0.320 e. The Bertz CT molecular complexity index is 955. The number of carbonyl (C=O) groups excluding carboxylic acids is 1. The molecule has 0 bridgehead atoms. The maximum absolute atomic E-state index is 11.7. The zero-order valence-electron chi connectivity index (χ0n) is 19.0. The molecule has 0 amide bonds. The quantitative estimate of drug-likeness (QED) is 0.559. The van der Waals surface area contributed by atoms with Gasteiger partial charge in [-0.3, -0.25) is 9.59 Å². The number of aromatic nitrogens is 2. The summed E-state index contributed by atoms with van der Waals surface area (Å²) in [5.41, 5.74) is 2.84. The number of nitrogens with one attached hydrogen (secondary N) is 1. The van der Waals surface area contributed by atoms with E-state index in [0.717, 1.165) is 18.4 Å². The van der Waals surface area contributed by atoms with Crippen LogP contribution in [0.1, 0.15) is 56.5 Å². The van der Waals surface area contributed by atoms with Gasteiger partial charge in [-0.2, -0.15) is 0 Å². The number of aliphatic carboxylic acids is 1. The van der Waals surface area contributed by atoms with Gasteiger partial charge in [0.25, 0.3) is 0 Å². The van der Waals surface area contributed by atoms with E-state index in [-0.39, 0.29) is 30.6 Å². The second kappa shape index (κ2) is 10.6. The molecule has 32 heavy (non-hydrogen) atoms. The second-order valence-corrected chi connectivity index (χ2v) is 8.44. The first-order valence-electron chi connectivity index (χ1n) is 11.0. The molecule has 1 saturated carbocycles. The van der Waals surface area contributed by atoms with Crippen molar-refractivity contribution in [1.82, 2.24) is 15.5 Å². The van der Waals surface area contributed by atoms with Crippen LogP contribution in [0.25, 0.3) is 11.5 Å². The van der Waals surface area contributed by atoms with E-state index in [1.165, 1.54) is 0 Å². The Morgan fingerprint density at radius 2 is 2.03 bits per heavy atom. The van der Waals surface area contributed by atoms with E-state index in [1.54, 1.807) is 19.9 Å². The molecule has 1 aliphatic carbocycles. The molecule has 2 aromatic rings. The van der Waals surface area contributed by atoms with Crippen LogP contribution in [0.15, 0.2) is 16.7 Å². The molecule has 0 aliphatic heterocycles. The Hall–Kier alpha value is -2.94. The molecule has 0 saturated heterocycles. The van der Waals surface area contributed by atoms with Crippen molar-refractivity contribution in [2.75, 3.05) is 6.54 Å². The van der Waals surface area contributed by atoms with Gasteiger partial charge in [-0.1, -0.05) is 5.16 Å². The van der Waals surface area contributed by atoms with Crippen molar-refractivity contribution in [2.24, 2.45) is 5.92 Å². The standard InChI is InChI=1S/C23H31N3O6/c1-13(2)30-21(27)12-24-11-18-14(3)26-32-22(18)19-8-9-20(15(4)25-19)31-17-7-5-6-16(10-17)23(28)29/h8-9,13,16-17,24H,5-7,10-12H2,1-4H3,(H,28,29)/t16-,17-/m0/s1. The van der Waals surface area contributed by atoms with Gasteiger partial charge in [-0.25, -0.2) is 4.98 Å². The maximum atomic E-state index is 11.7. The first-order valence-corrected chi connectivity index (χ1v) is 11.0. The lowest BCUT2D eigenvalue weighted by Gasteiger charge is -2.27. The first-order chi connectivity index (χ1) is 15.2. The van der Waals surface area contributed by atoms with Gasteiger partial charge in [0.2, 0.25) is 0 Å². The van der Waals surface area contributed by atoms with Crippen LogP contribution in [-0.4, -0.2) is 45.9 Å². The summed E-state index contributed by atoms with van der Waals surface area (Å²) in [6.07, 6.45) is 2.59. The second-order valence-electron chi connectivity index (χ2n) is 8.44. The zero-order valence-corrected chi connectivity index (χ0v) is 19.0. The molecule has 9 heteroatoms. The summed E-state index contributed by atoms with van der Waals surface area (Å²) < 4.78 is 16.7. The lowest BCUT2D eigenvalue weighted by Crippen LogP contribution is -2.29. The Labute approximate surface area is 187 Å². The van der Waals surface area contributed by atoms with E-state index >= 15 is 0 Å². The number of carboxylic acids is 1. The van der Waals surface area contributed by atoms with Gasteiger partial charge in [0, 0.05) is 12.1 Å². The molecule has 174 valence electrons. The van der Waals surface area contributed by atoms with E-state index in [9.17, 15) is 14.7 Å². The molecule has 9 nitrogen and oxygen atoms in total. The van der Waals surface area contributed by atoms with Crippen LogP contribution >= 0.6 is 0 Å². The fraction of sp³-hybridized carbons (Fsp3) is 0.565. The number of aryl methyl sites for hydroxylation is 2. The van der Waals surface area contributed by atoms with Crippen molar-refractivity contribution in [3.63, 3.8) is 0 Å². The predicted octanol–water partition coefficient (Wildman–Crippen LogP) is 3.42. The minimum absolute atomic E-state index is 0.0835. The number of pyridine rings is 1. The summed E-state index contributed by atoms with van der Waals surface area (Å²) in [5, 5.41) is 16.4. The Kier molecular flexibility index (Phi) is 7.84. The summed E-state index contributed by atoms with van der Waals surface area (Å²) in [7, 11) is 0. The van der Waals surface area contributed by atoms with Crippen molar-refractivity contribution < 1.29 is 28.7 Å². The maximum Gasteiger partial charge on any atom is 0.320 e. The Balaban J connectivity index is 1.67. The van der Waals surface area contributed by atoms with Crippen LogP contribution in [0.4, 0.5) is 0 Å². The Morgan fingerprint density at radius 1 is 1.25 bits per heavy atom. The third-order valence-corrected chi connectivity index (χ3v) is 5.46. The molecule has 0 unspecified atom stereocenters. The molecule has 2 atom stereocenters. The van der Waals surface area contributed by atoms with Crippen molar-refractivity contribution >= 4 is 11.9 Å². The third-order valence-electron chi connectivity index (χ3n) is 5.46. The summed E-state index contributed by atoms with van der Waals surface area (Å²) >= 11 is 0. The molecule has 2 N–H and O–H groups in total. The highest BCUT2D eigenvalue weighted by molar-refractivity contribution is 5.72. The van der Waals surface area contributed by atoms with Gasteiger partial charge in [0.1, 0.15) is 11.4 Å². The minimum atomic E-state index is -0.761. The number of carbonyl (C=O) groups is 2. The van der Waals surface area contributed by atoms with Gasteiger partial charge in [0.15, 0.2) is 5.76 Å². The molecule has 0 aromatic carbocycles. The van der Waals surface area contributed by atoms with Gasteiger partial charge in [0.05, 0.1) is 36.1 Å². The van der Waals surface area contributed by atoms with Gasteiger partial charge in [-0.15, -0.1) is 0 Å². The highest BCUT2D eigenvalue weighted by atomic mass is 16.5. The number of esters is 1. The normalized spacial score (nSPS) is 18.5. The number of rotatable bonds is 9. The number of ether oxygens (including phenoxy) is 2. The molecule has 0 radical (unpaired) electrons. The molecule has 0 spiro atoms. The van der Waals surface area contributed by atoms with Crippen LogP contribution in [-0.2, 0) is 20.9 Å². The van der Waals surface area contributed by atoms with E-state index < -0.39 is 5.97 Å². The van der Waals surface area contributed by atoms with Crippen LogP contribution in [0.3, 0.4) is 0 Å². The van der Waals surface area contributed by atoms with Crippen molar-refractivity contribution in [1.29, 1.82) is 0 Å². The van der Waals surface area contributed by atoms with Crippen molar-refractivity contribution in [3.8, 4) is 17.2 Å². The van der Waals surface area contributed by atoms with Crippen LogP contribution < -0.4 is 10.1 Å². The molecule has 1 fully saturated rings. The topological polar surface area (TPSA) is 124 Å². The van der Waals surface area contributed by atoms with E-state index in [0.29, 0.717) is 48.0 Å². The van der Waals surface area contributed by atoms with Gasteiger partial charge >= 0.3 is 11.9 Å². The summed E-state index contributed by atoms with van der Waals surface area (Å²) in [6.45, 7) is 7.76. The highest BCUT2D eigenvalue weighted by Crippen LogP contribution is 2.31. The van der Waals surface area contributed by atoms with E-state index in [2.05, 4.69) is 15.5 Å². The fourth-order valence-corrected chi connectivity index (χ4v) is 3.85. The monoisotopic (exact) mass is 445 g/mol. The number of nitrogens with zero attached hydrogens (tertiary/aromatic N) is 2. The zero-order chi connectivity index (χ0) is 23.3. The van der Waals surface area contributed by atoms with Gasteiger partial charge < -0.3 is 24.4 Å². The SMILES string of the molecule is Cc1nc(-c2onc(C)c2CNCC(=O)OC(C)C)ccc1O[C@H]1CCC[C@H](C(=O)O)C1. The minimum Gasteiger partial charge on any atom is -0.489 e. The molecular weight excluding hydrogens is 414 g/mol. The van der Waals surface area contributed by atoms with E-state index in [1.807, 2.05) is 19.9 Å². The summed E-state index contributed by atoms with van der Waals surface area (Å²) in [5.74, 6) is -0.268. The van der Waals surface area contributed by atoms with Crippen LogP contribution in [0.5, 0.6) is 5.75 Å². The molecule has 1 aliphatic rings. The van der Waals surface area contributed by atoms with Crippen LogP contribution in [0.2, 0.25) is 0 Å². The third kappa shape index (κ3) is 6.06. The Morgan fingerprint density at radius 3 is 2.72 bits per heavy atom. The summed E-state index contributed by atoms with van der Waals surface area (Å²) in [6, 6.07) is 3.63. The largest absolute Gasteiger partial charge is 0.489 e. The molecule has 2 aromatic heterocycles. The molecular formula is C23H31N3O6. The van der Waals surface area contributed by atoms with E-state index in [4.69, 9.17) is 14.0 Å². The lowest BCUT2D eigenvalue weighted by atomic mass is 9.87. The fourth-order valence-electron chi connectivity index (χ4n) is 3.85. The summed E-state index contributed by atoms with van der Waals surface area (Å²) in [4.78, 5) is 27.7. The van der Waals surface area contributed by atoms with Crippen molar-refractivity contribution in [3.05, 3.63) is 29.1 Å². The van der Waals surface area contributed by atoms with Crippen molar-refractivity contribution in [2.45, 2.75) is 72.1 Å². The molecule has 3 rings (SSSR count). The first kappa shape index (κ1) is 23.7. The molecule has 2 heterocycles. The predicted molar refractivity (Wildman–Crippen MR) is 116 cm³/mol. The average molecular weight is 446 g/mol.